The Labute approximate surface area is 163 Å². The van der Waals surface area contributed by atoms with Crippen LogP contribution in [0.2, 0.25) is 0 Å². The topological polar surface area (TPSA) is 34.1 Å². The van der Waals surface area contributed by atoms with Crippen molar-refractivity contribution in [2.24, 2.45) is 4.99 Å². The Bertz CT molecular complexity index is 827. The first-order valence-electron chi connectivity index (χ1n) is 8.99. The molecule has 4 rings (SSSR count). The van der Waals surface area contributed by atoms with Crippen LogP contribution in [0.3, 0.4) is 0 Å². The van der Waals surface area contributed by atoms with Crippen molar-refractivity contribution >= 4 is 44.5 Å². The quantitative estimate of drug-likeness (QED) is 0.588. The molecule has 2 heterocycles. The van der Waals surface area contributed by atoms with Gasteiger partial charge in [0.25, 0.3) is 0 Å². The number of hydrogen-bond acceptors (Lipinski definition) is 4. The molecule has 0 spiro atoms. The van der Waals surface area contributed by atoms with E-state index >= 15 is 0 Å². The van der Waals surface area contributed by atoms with Crippen LogP contribution in [0.25, 0.3) is 0 Å². The first-order chi connectivity index (χ1) is 12.6. The van der Waals surface area contributed by atoms with Gasteiger partial charge in [-0.3, -0.25) is 14.8 Å². The fraction of sp³-hybridized carbons (Fsp3) is 0.350. The second kappa shape index (κ2) is 7.39. The van der Waals surface area contributed by atoms with Crippen molar-refractivity contribution in [3.8, 4) is 0 Å². The fourth-order valence-electron chi connectivity index (χ4n) is 3.46. The van der Waals surface area contributed by atoms with Gasteiger partial charge in [-0.2, -0.15) is 0 Å². The molecule has 0 atom stereocenters. The number of piperazine rings is 1. The van der Waals surface area contributed by atoms with Gasteiger partial charge in [0.2, 0.25) is 0 Å². The van der Waals surface area contributed by atoms with E-state index in [9.17, 15) is 0 Å². The summed E-state index contributed by atoms with van der Waals surface area (Å²) in [5.74, 6) is 1.01. The minimum Gasteiger partial charge on any atom is -0.352 e. The lowest BCUT2D eigenvalue weighted by Crippen LogP contribution is -2.44. The Morgan fingerprint density at radius 1 is 1.04 bits per heavy atom. The molecular formula is C20H24BrN5. The molecule has 2 aliphatic rings. The number of para-hydroxylation sites is 2. The van der Waals surface area contributed by atoms with Crippen LogP contribution in [-0.2, 0) is 0 Å². The molecule has 0 aromatic heterocycles. The number of amidine groups is 1. The molecule has 0 bridgehead atoms. The van der Waals surface area contributed by atoms with Gasteiger partial charge in [0.1, 0.15) is 5.84 Å². The van der Waals surface area contributed by atoms with E-state index in [0.29, 0.717) is 0 Å². The van der Waals surface area contributed by atoms with Gasteiger partial charge in [-0.05, 0) is 44.3 Å². The lowest BCUT2D eigenvalue weighted by Gasteiger charge is -2.35. The summed E-state index contributed by atoms with van der Waals surface area (Å²) < 4.78 is 1.06. The molecule has 0 unspecified atom stereocenters. The van der Waals surface area contributed by atoms with Gasteiger partial charge in [-0.25, -0.2) is 0 Å². The van der Waals surface area contributed by atoms with Crippen LogP contribution in [-0.4, -0.2) is 55.5 Å². The van der Waals surface area contributed by atoms with Crippen molar-refractivity contribution in [2.45, 2.75) is 6.92 Å². The maximum atomic E-state index is 4.93. The van der Waals surface area contributed by atoms with Gasteiger partial charge in [0.15, 0.2) is 0 Å². The van der Waals surface area contributed by atoms with E-state index in [-0.39, 0.29) is 0 Å². The van der Waals surface area contributed by atoms with Crippen LogP contribution in [0, 0.1) is 0 Å². The molecule has 5 nitrogen and oxygen atoms in total. The monoisotopic (exact) mass is 413 g/mol. The third-order valence-electron chi connectivity index (χ3n) is 5.03. The first kappa shape index (κ1) is 17.5. The third kappa shape index (κ3) is 3.49. The summed E-state index contributed by atoms with van der Waals surface area (Å²) in [6.07, 6.45) is 0. The van der Waals surface area contributed by atoms with Gasteiger partial charge in [0.05, 0.1) is 29.4 Å². The molecule has 0 aliphatic carbocycles. The number of fused-ring (bicyclic) bond motifs is 2. The molecule has 0 amide bonds. The van der Waals surface area contributed by atoms with E-state index < -0.39 is 0 Å². The summed E-state index contributed by atoms with van der Waals surface area (Å²) in [7, 11) is 2.18. The summed E-state index contributed by atoms with van der Waals surface area (Å²) >= 11 is 3.61. The zero-order chi connectivity index (χ0) is 18.1. The zero-order valence-corrected chi connectivity index (χ0v) is 16.8. The summed E-state index contributed by atoms with van der Waals surface area (Å²) in [6.45, 7) is 7.22. The van der Waals surface area contributed by atoms with Crippen LogP contribution in [0.4, 0.5) is 22.7 Å². The number of halogens is 1. The number of rotatable bonds is 2. The molecule has 2 aliphatic heterocycles. The molecule has 1 fully saturated rings. The molecular weight excluding hydrogens is 390 g/mol. The number of hydrogen-bond donors (Lipinski definition) is 1. The lowest BCUT2D eigenvalue weighted by molar-refractivity contribution is 0.158. The summed E-state index contributed by atoms with van der Waals surface area (Å²) in [5, 5.41) is 3.53. The Morgan fingerprint density at radius 2 is 1.77 bits per heavy atom. The Kier molecular flexibility index (Phi) is 4.98. The molecule has 1 N–H and O–H groups in total. The van der Waals surface area contributed by atoms with Crippen LogP contribution in [0.15, 0.2) is 51.9 Å². The van der Waals surface area contributed by atoms with Crippen LogP contribution < -0.4 is 10.2 Å². The minimum atomic E-state index is 0.745. The summed E-state index contributed by atoms with van der Waals surface area (Å²) in [6, 6.07) is 14.7. The van der Waals surface area contributed by atoms with Crippen LogP contribution in [0.5, 0.6) is 0 Å². The standard InChI is InChI=1S/C20H24BrN5/c1-15(22-14-25-11-9-24(2)10-12-25)26-19-6-4-3-5-17(19)23-18-8-7-16(21)13-20(18)26/h3-8,13,23H,9-12,14H2,1-2H3/b22-15+. The maximum Gasteiger partial charge on any atom is 0.106 e. The normalized spacial score (nSPS) is 18.3. The van der Waals surface area contributed by atoms with Gasteiger partial charge >= 0.3 is 0 Å². The first-order valence-corrected chi connectivity index (χ1v) is 9.79. The lowest BCUT2D eigenvalue weighted by atomic mass is 10.1. The molecule has 136 valence electrons. The van der Waals surface area contributed by atoms with Gasteiger partial charge in [-0.1, -0.05) is 28.1 Å². The van der Waals surface area contributed by atoms with E-state index in [1.54, 1.807) is 0 Å². The molecule has 1 saturated heterocycles. The maximum absolute atomic E-state index is 4.93. The summed E-state index contributed by atoms with van der Waals surface area (Å²) in [4.78, 5) is 12.0. The van der Waals surface area contributed by atoms with E-state index in [2.05, 4.69) is 92.4 Å². The van der Waals surface area contributed by atoms with E-state index in [0.717, 1.165) is 65.9 Å². The Balaban J connectivity index is 1.64. The SMILES string of the molecule is C/C(=N\CN1CCN(C)CC1)N1c2ccccc2Nc2ccc(Br)cc21. The van der Waals surface area contributed by atoms with Gasteiger partial charge < -0.3 is 10.2 Å². The average molecular weight is 414 g/mol. The van der Waals surface area contributed by atoms with E-state index in [4.69, 9.17) is 4.99 Å². The van der Waals surface area contributed by atoms with Crippen molar-refractivity contribution in [1.29, 1.82) is 0 Å². The highest BCUT2D eigenvalue weighted by molar-refractivity contribution is 9.10. The van der Waals surface area contributed by atoms with Crippen molar-refractivity contribution in [3.63, 3.8) is 0 Å². The second-order valence-electron chi connectivity index (χ2n) is 6.91. The zero-order valence-electron chi connectivity index (χ0n) is 15.2. The Hall–Kier alpha value is -1.89. The molecule has 2 aromatic rings. The highest BCUT2D eigenvalue weighted by Gasteiger charge is 2.24. The smallest absolute Gasteiger partial charge is 0.106 e. The van der Waals surface area contributed by atoms with Crippen molar-refractivity contribution in [3.05, 3.63) is 46.9 Å². The summed E-state index contributed by atoms with van der Waals surface area (Å²) in [5.41, 5.74) is 4.47. The molecule has 0 radical (unpaired) electrons. The van der Waals surface area contributed by atoms with Crippen LogP contribution in [0.1, 0.15) is 6.92 Å². The highest BCUT2D eigenvalue weighted by atomic mass is 79.9. The molecule has 6 heteroatoms. The number of benzene rings is 2. The predicted octanol–water partition coefficient (Wildman–Crippen LogP) is 4.27. The third-order valence-corrected chi connectivity index (χ3v) is 5.53. The van der Waals surface area contributed by atoms with Crippen molar-refractivity contribution in [2.75, 3.05) is 50.1 Å². The fourth-order valence-corrected chi connectivity index (χ4v) is 3.80. The largest absolute Gasteiger partial charge is 0.352 e. The van der Waals surface area contributed by atoms with Crippen molar-refractivity contribution < 1.29 is 0 Å². The number of aliphatic imine (C=N–C) groups is 1. The van der Waals surface area contributed by atoms with E-state index in [1.165, 1.54) is 0 Å². The molecule has 2 aromatic carbocycles. The Morgan fingerprint density at radius 3 is 2.58 bits per heavy atom. The number of likely N-dealkylation sites (N-methyl/N-ethyl adjacent to an activating group) is 1. The van der Waals surface area contributed by atoms with E-state index in [1.807, 2.05) is 0 Å². The average Bonchev–Trinajstić information content (AvgIpc) is 2.65. The minimum absolute atomic E-state index is 0.745. The molecule has 0 saturated carbocycles. The number of anilines is 4. The van der Waals surface area contributed by atoms with Crippen molar-refractivity contribution in [1.82, 2.24) is 9.80 Å². The van der Waals surface area contributed by atoms with Gasteiger partial charge in [0, 0.05) is 30.7 Å². The van der Waals surface area contributed by atoms with Crippen LogP contribution >= 0.6 is 15.9 Å². The number of nitrogens with zero attached hydrogens (tertiary/aromatic N) is 4. The molecule has 26 heavy (non-hydrogen) atoms. The van der Waals surface area contributed by atoms with Gasteiger partial charge in [-0.15, -0.1) is 0 Å². The predicted molar refractivity (Wildman–Crippen MR) is 113 cm³/mol. The second-order valence-corrected chi connectivity index (χ2v) is 7.82. The number of nitrogens with one attached hydrogen (secondary N) is 1. The highest BCUT2D eigenvalue weighted by Crippen LogP contribution is 2.44.